The van der Waals surface area contributed by atoms with Crippen LogP contribution in [0.3, 0.4) is 0 Å². The predicted molar refractivity (Wildman–Crippen MR) is 105 cm³/mol. The van der Waals surface area contributed by atoms with Gasteiger partial charge in [-0.1, -0.05) is 74.8 Å². The topological polar surface area (TPSA) is 37.3 Å². The zero-order chi connectivity index (χ0) is 17.7. The highest BCUT2D eigenvalue weighted by atomic mass is 16.4. The average Bonchev–Trinajstić information content (AvgIpc) is 2.56. The first kappa shape index (κ1) is 22.4. The zero-order valence-electron chi connectivity index (χ0n) is 15.5. The first-order chi connectivity index (χ1) is 11.8. The minimum Gasteiger partial charge on any atom is -0.481 e. The van der Waals surface area contributed by atoms with Crippen LogP contribution in [0.2, 0.25) is 0 Å². The van der Waals surface area contributed by atoms with Gasteiger partial charge in [-0.25, -0.2) is 0 Å². The molecule has 1 N–H and O–H groups in total. The first-order valence-corrected chi connectivity index (χ1v) is 9.59. The lowest BCUT2D eigenvalue weighted by molar-refractivity contribution is -0.137. The van der Waals surface area contributed by atoms with Crippen LogP contribution in [-0.2, 0) is 4.79 Å². The van der Waals surface area contributed by atoms with Gasteiger partial charge in [-0.15, -0.1) is 0 Å². The van der Waals surface area contributed by atoms with E-state index < -0.39 is 5.97 Å². The van der Waals surface area contributed by atoms with E-state index in [0.717, 1.165) is 44.9 Å². The van der Waals surface area contributed by atoms with Gasteiger partial charge in [-0.05, 0) is 51.4 Å². The van der Waals surface area contributed by atoms with Crippen LogP contribution in [0.5, 0.6) is 0 Å². The summed E-state index contributed by atoms with van der Waals surface area (Å²) in [7, 11) is 0. The predicted octanol–water partition coefficient (Wildman–Crippen LogP) is 7.00. The number of carbonyl (C=O) groups is 1. The summed E-state index contributed by atoms with van der Waals surface area (Å²) in [6.07, 6.45) is 30.2. The summed E-state index contributed by atoms with van der Waals surface area (Å²) in [4.78, 5) is 10.4. The number of aliphatic carboxylic acids is 1. The fourth-order valence-electron chi connectivity index (χ4n) is 2.28. The Kier molecular flexibility index (Phi) is 18.2. The maximum atomic E-state index is 10.4. The minimum atomic E-state index is -0.687. The molecule has 0 saturated carbocycles. The molecule has 0 bridgehead atoms. The Hall–Kier alpha value is -1.57. The Balaban J connectivity index is 3.37. The molecular weight excluding hydrogens is 296 g/mol. The fraction of sp³-hybridized carbons (Fsp3) is 0.591. The molecule has 0 saturated heterocycles. The van der Waals surface area contributed by atoms with Gasteiger partial charge in [0.2, 0.25) is 0 Å². The summed E-state index contributed by atoms with van der Waals surface area (Å²) in [6.45, 7) is 2.24. The molecular formula is C22H36O2. The van der Waals surface area contributed by atoms with Crippen LogP contribution >= 0.6 is 0 Å². The number of carboxylic acids is 1. The lowest BCUT2D eigenvalue weighted by Crippen LogP contribution is -1.93. The minimum absolute atomic E-state index is 0.300. The van der Waals surface area contributed by atoms with E-state index in [2.05, 4.69) is 55.5 Å². The Labute approximate surface area is 149 Å². The summed E-state index contributed by atoms with van der Waals surface area (Å²) in [5, 5.41) is 8.53. The molecule has 24 heavy (non-hydrogen) atoms. The summed E-state index contributed by atoms with van der Waals surface area (Å²) in [5.41, 5.74) is 0. The summed E-state index contributed by atoms with van der Waals surface area (Å²) in [6, 6.07) is 0. The third-order valence-corrected chi connectivity index (χ3v) is 3.72. The molecule has 0 heterocycles. The molecule has 2 nitrogen and oxygen atoms in total. The van der Waals surface area contributed by atoms with Gasteiger partial charge in [-0.2, -0.15) is 0 Å². The van der Waals surface area contributed by atoms with Crippen molar-refractivity contribution in [2.45, 2.75) is 84.0 Å². The van der Waals surface area contributed by atoms with E-state index in [-0.39, 0.29) is 0 Å². The fourth-order valence-corrected chi connectivity index (χ4v) is 2.28. The van der Waals surface area contributed by atoms with Crippen LogP contribution in [0.1, 0.15) is 84.0 Å². The normalized spacial score (nSPS) is 12.4. The summed E-state index contributed by atoms with van der Waals surface area (Å²) >= 11 is 0. The van der Waals surface area contributed by atoms with Gasteiger partial charge >= 0.3 is 5.97 Å². The van der Waals surface area contributed by atoms with Crippen molar-refractivity contribution in [2.75, 3.05) is 0 Å². The van der Waals surface area contributed by atoms with Crippen LogP contribution in [0.15, 0.2) is 48.6 Å². The van der Waals surface area contributed by atoms with Gasteiger partial charge in [0.1, 0.15) is 0 Å². The van der Waals surface area contributed by atoms with Crippen LogP contribution in [0, 0.1) is 0 Å². The maximum absolute atomic E-state index is 10.4. The Morgan fingerprint density at radius 2 is 1.12 bits per heavy atom. The standard InChI is InChI=1S/C22H36O2/c1-2-3-4-5-6-7-8-9-10-11-12-13-14-15-16-17-18-19-20-21-22(23)24/h6-7,9-10,12-13,15-16H,2-5,8,11,14,17-21H2,1H3,(H,23,24)/b7-6+,10-9-,13-12+,16-15+. The number of hydrogen-bond donors (Lipinski definition) is 1. The highest BCUT2D eigenvalue weighted by molar-refractivity contribution is 5.66. The van der Waals surface area contributed by atoms with Gasteiger partial charge in [0, 0.05) is 6.42 Å². The lowest BCUT2D eigenvalue weighted by Gasteiger charge is -1.94. The van der Waals surface area contributed by atoms with Crippen LogP contribution < -0.4 is 0 Å². The molecule has 0 aliphatic heterocycles. The van der Waals surface area contributed by atoms with Crippen molar-refractivity contribution in [1.29, 1.82) is 0 Å². The van der Waals surface area contributed by atoms with Crippen LogP contribution in [-0.4, -0.2) is 11.1 Å². The SMILES string of the molecule is CCCCC/C=C/C/C=C\C/C=C/C/C=C/CCCCCC(=O)O. The lowest BCUT2D eigenvalue weighted by atomic mass is 10.1. The molecule has 0 rings (SSSR count). The largest absolute Gasteiger partial charge is 0.481 e. The molecule has 0 aromatic carbocycles. The summed E-state index contributed by atoms with van der Waals surface area (Å²) < 4.78 is 0. The molecule has 0 fully saturated rings. The van der Waals surface area contributed by atoms with E-state index in [9.17, 15) is 4.79 Å². The molecule has 0 aliphatic rings. The van der Waals surface area contributed by atoms with E-state index >= 15 is 0 Å². The van der Waals surface area contributed by atoms with E-state index in [1.807, 2.05) is 0 Å². The first-order valence-electron chi connectivity index (χ1n) is 9.59. The number of unbranched alkanes of at least 4 members (excludes halogenated alkanes) is 6. The number of hydrogen-bond acceptors (Lipinski definition) is 1. The van der Waals surface area contributed by atoms with Gasteiger partial charge in [0.15, 0.2) is 0 Å². The van der Waals surface area contributed by atoms with E-state index in [0.29, 0.717) is 6.42 Å². The van der Waals surface area contributed by atoms with Gasteiger partial charge in [-0.3, -0.25) is 4.79 Å². The molecule has 0 spiro atoms. The molecule has 0 radical (unpaired) electrons. The summed E-state index contributed by atoms with van der Waals surface area (Å²) in [5.74, 6) is -0.687. The van der Waals surface area contributed by atoms with Crippen molar-refractivity contribution < 1.29 is 9.90 Å². The zero-order valence-corrected chi connectivity index (χ0v) is 15.5. The highest BCUT2D eigenvalue weighted by Crippen LogP contribution is 2.04. The Bertz CT molecular complexity index is 389. The number of rotatable bonds is 16. The maximum Gasteiger partial charge on any atom is 0.303 e. The molecule has 0 aliphatic carbocycles. The van der Waals surface area contributed by atoms with Gasteiger partial charge in [0.05, 0.1) is 0 Å². The van der Waals surface area contributed by atoms with Crippen LogP contribution in [0.4, 0.5) is 0 Å². The number of carboxylic acid groups (broad SMARTS) is 1. The van der Waals surface area contributed by atoms with Crippen molar-refractivity contribution in [3.05, 3.63) is 48.6 Å². The van der Waals surface area contributed by atoms with Crippen molar-refractivity contribution in [1.82, 2.24) is 0 Å². The molecule has 0 aromatic rings. The van der Waals surface area contributed by atoms with Crippen molar-refractivity contribution in [3.8, 4) is 0 Å². The van der Waals surface area contributed by atoms with Crippen molar-refractivity contribution in [3.63, 3.8) is 0 Å². The third kappa shape index (κ3) is 20.4. The third-order valence-electron chi connectivity index (χ3n) is 3.72. The molecule has 2 heteroatoms. The quantitative estimate of drug-likeness (QED) is 0.244. The Morgan fingerprint density at radius 1 is 0.667 bits per heavy atom. The van der Waals surface area contributed by atoms with E-state index in [1.165, 1.54) is 25.7 Å². The van der Waals surface area contributed by atoms with E-state index in [4.69, 9.17) is 5.11 Å². The molecule has 136 valence electrons. The van der Waals surface area contributed by atoms with Crippen LogP contribution in [0.25, 0.3) is 0 Å². The van der Waals surface area contributed by atoms with Gasteiger partial charge < -0.3 is 5.11 Å². The highest BCUT2D eigenvalue weighted by Gasteiger charge is 1.94. The Morgan fingerprint density at radius 3 is 1.58 bits per heavy atom. The number of allylic oxidation sites excluding steroid dienone is 8. The van der Waals surface area contributed by atoms with E-state index in [1.54, 1.807) is 0 Å². The van der Waals surface area contributed by atoms with Crippen molar-refractivity contribution >= 4 is 5.97 Å². The molecule has 0 amide bonds. The molecule has 0 aromatic heterocycles. The molecule has 0 unspecified atom stereocenters. The van der Waals surface area contributed by atoms with Gasteiger partial charge in [0.25, 0.3) is 0 Å². The second-order valence-electron chi connectivity index (χ2n) is 6.08. The molecule has 0 atom stereocenters. The second kappa shape index (κ2) is 19.5. The average molecular weight is 333 g/mol. The second-order valence-corrected chi connectivity index (χ2v) is 6.08. The smallest absolute Gasteiger partial charge is 0.303 e. The monoisotopic (exact) mass is 332 g/mol. The van der Waals surface area contributed by atoms with Crippen molar-refractivity contribution in [2.24, 2.45) is 0 Å².